The van der Waals surface area contributed by atoms with E-state index in [0.717, 1.165) is 25.7 Å². The second-order valence-electron chi connectivity index (χ2n) is 4.25. The topological polar surface area (TPSA) is 28.2 Å². The Morgan fingerprint density at radius 1 is 1.53 bits per heavy atom. The molecular weight excluding hydrogens is 206 g/mol. The Kier molecular flexibility index (Phi) is 3.72. The third-order valence-electron chi connectivity index (χ3n) is 3.01. The van der Waals surface area contributed by atoms with Gasteiger partial charge in [0, 0.05) is 18.0 Å². The van der Waals surface area contributed by atoms with E-state index in [1.807, 2.05) is 0 Å². The molecule has 2 rings (SSSR count). The van der Waals surface area contributed by atoms with E-state index in [1.165, 1.54) is 23.5 Å². The minimum Gasteiger partial charge on any atom is -0.317 e. The van der Waals surface area contributed by atoms with E-state index in [4.69, 9.17) is 0 Å². The molecular formula is C11H19N3S. The SMILES string of the molecule is Cc1nc(CN(C)C2CCNCC2)cs1. The van der Waals surface area contributed by atoms with Crippen molar-refractivity contribution in [1.82, 2.24) is 15.2 Å². The predicted octanol–water partition coefficient (Wildman–Crippen LogP) is 1.64. The van der Waals surface area contributed by atoms with Crippen LogP contribution in [0.5, 0.6) is 0 Å². The summed E-state index contributed by atoms with van der Waals surface area (Å²) in [5, 5.41) is 6.74. The van der Waals surface area contributed by atoms with Crippen molar-refractivity contribution in [3.8, 4) is 0 Å². The minimum absolute atomic E-state index is 0.730. The summed E-state index contributed by atoms with van der Waals surface area (Å²) in [5.74, 6) is 0. The lowest BCUT2D eigenvalue weighted by molar-refractivity contribution is 0.190. The van der Waals surface area contributed by atoms with Crippen LogP contribution in [0.1, 0.15) is 23.5 Å². The Morgan fingerprint density at radius 3 is 2.87 bits per heavy atom. The van der Waals surface area contributed by atoms with Gasteiger partial charge in [0.1, 0.15) is 0 Å². The van der Waals surface area contributed by atoms with E-state index in [-0.39, 0.29) is 0 Å². The van der Waals surface area contributed by atoms with Gasteiger partial charge < -0.3 is 5.32 Å². The number of aryl methyl sites for hydroxylation is 1. The first-order chi connectivity index (χ1) is 7.25. The molecule has 0 atom stereocenters. The van der Waals surface area contributed by atoms with Crippen molar-refractivity contribution in [2.45, 2.75) is 32.4 Å². The molecule has 0 spiro atoms. The van der Waals surface area contributed by atoms with E-state index in [1.54, 1.807) is 11.3 Å². The molecule has 1 aliphatic heterocycles. The molecule has 1 N–H and O–H groups in total. The number of hydrogen-bond acceptors (Lipinski definition) is 4. The predicted molar refractivity (Wildman–Crippen MR) is 64.2 cm³/mol. The molecule has 1 aliphatic rings. The monoisotopic (exact) mass is 225 g/mol. The molecule has 1 fully saturated rings. The van der Waals surface area contributed by atoms with Crippen molar-refractivity contribution in [3.63, 3.8) is 0 Å². The third kappa shape index (κ3) is 3.00. The van der Waals surface area contributed by atoms with E-state index < -0.39 is 0 Å². The highest BCUT2D eigenvalue weighted by molar-refractivity contribution is 7.09. The highest BCUT2D eigenvalue weighted by Gasteiger charge is 2.18. The largest absolute Gasteiger partial charge is 0.317 e. The van der Waals surface area contributed by atoms with E-state index in [9.17, 15) is 0 Å². The smallest absolute Gasteiger partial charge is 0.0897 e. The lowest BCUT2D eigenvalue weighted by Crippen LogP contribution is -2.40. The number of piperidine rings is 1. The van der Waals surface area contributed by atoms with Gasteiger partial charge in [-0.15, -0.1) is 11.3 Å². The van der Waals surface area contributed by atoms with Gasteiger partial charge in [0.15, 0.2) is 0 Å². The highest BCUT2D eigenvalue weighted by Crippen LogP contribution is 2.15. The maximum Gasteiger partial charge on any atom is 0.0897 e. The van der Waals surface area contributed by atoms with Crippen LogP contribution in [-0.4, -0.2) is 36.1 Å². The Bertz CT molecular complexity index is 305. The lowest BCUT2D eigenvalue weighted by atomic mass is 10.1. The lowest BCUT2D eigenvalue weighted by Gasteiger charge is -2.31. The summed E-state index contributed by atoms with van der Waals surface area (Å²) in [6.07, 6.45) is 2.53. The third-order valence-corrected chi connectivity index (χ3v) is 3.83. The quantitative estimate of drug-likeness (QED) is 0.847. The molecule has 1 aromatic heterocycles. The number of rotatable bonds is 3. The van der Waals surface area contributed by atoms with Gasteiger partial charge in [-0.2, -0.15) is 0 Å². The fraction of sp³-hybridized carbons (Fsp3) is 0.727. The van der Waals surface area contributed by atoms with Crippen LogP contribution in [0.4, 0.5) is 0 Å². The molecule has 2 heterocycles. The summed E-state index contributed by atoms with van der Waals surface area (Å²) in [6.45, 7) is 5.38. The summed E-state index contributed by atoms with van der Waals surface area (Å²) >= 11 is 1.74. The number of thiazole rings is 1. The van der Waals surface area contributed by atoms with Gasteiger partial charge in [-0.1, -0.05) is 0 Å². The number of nitrogens with zero attached hydrogens (tertiary/aromatic N) is 2. The van der Waals surface area contributed by atoms with Gasteiger partial charge >= 0.3 is 0 Å². The van der Waals surface area contributed by atoms with Crippen molar-refractivity contribution < 1.29 is 0 Å². The van der Waals surface area contributed by atoms with Crippen LogP contribution < -0.4 is 5.32 Å². The molecule has 0 bridgehead atoms. The molecule has 15 heavy (non-hydrogen) atoms. The Morgan fingerprint density at radius 2 is 2.27 bits per heavy atom. The average molecular weight is 225 g/mol. The summed E-state index contributed by atoms with van der Waals surface area (Å²) < 4.78 is 0. The number of aromatic nitrogens is 1. The normalized spacial score (nSPS) is 18.6. The molecule has 0 radical (unpaired) electrons. The molecule has 0 aromatic carbocycles. The van der Waals surface area contributed by atoms with Crippen LogP contribution in [0, 0.1) is 6.92 Å². The molecule has 3 nitrogen and oxygen atoms in total. The number of nitrogens with one attached hydrogen (secondary N) is 1. The first kappa shape index (κ1) is 11.0. The van der Waals surface area contributed by atoms with E-state index in [0.29, 0.717) is 0 Å². The van der Waals surface area contributed by atoms with E-state index in [2.05, 4.69) is 34.6 Å². The zero-order valence-electron chi connectivity index (χ0n) is 9.49. The molecule has 0 amide bonds. The van der Waals surface area contributed by atoms with Crippen molar-refractivity contribution in [3.05, 3.63) is 16.1 Å². The molecule has 84 valence electrons. The highest BCUT2D eigenvalue weighted by atomic mass is 32.1. The first-order valence-corrected chi connectivity index (χ1v) is 6.45. The Hall–Kier alpha value is -0.450. The van der Waals surface area contributed by atoms with Crippen molar-refractivity contribution in [2.24, 2.45) is 0 Å². The molecule has 1 saturated heterocycles. The maximum atomic E-state index is 4.51. The van der Waals surface area contributed by atoms with Crippen LogP contribution >= 0.6 is 11.3 Å². The molecule has 0 unspecified atom stereocenters. The standard InChI is InChI=1S/C11H19N3S/c1-9-13-10(8-15-9)7-14(2)11-3-5-12-6-4-11/h8,11-12H,3-7H2,1-2H3. The van der Waals surface area contributed by atoms with Crippen LogP contribution in [0.15, 0.2) is 5.38 Å². The second-order valence-corrected chi connectivity index (χ2v) is 5.32. The van der Waals surface area contributed by atoms with Crippen molar-refractivity contribution in [1.29, 1.82) is 0 Å². The van der Waals surface area contributed by atoms with Gasteiger partial charge in [-0.05, 0) is 39.9 Å². The van der Waals surface area contributed by atoms with E-state index >= 15 is 0 Å². The van der Waals surface area contributed by atoms with Gasteiger partial charge in [-0.25, -0.2) is 4.98 Å². The van der Waals surface area contributed by atoms with Crippen molar-refractivity contribution in [2.75, 3.05) is 20.1 Å². The van der Waals surface area contributed by atoms with Crippen LogP contribution in [-0.2, 0) is 6.54 Å². The van der Waals surface area contributed by atoms with Crippen LogP contribution in [0.2, 0.25) is 0 Å². The molecule has 0 saturated carbocycles. The minimum atomic E-state index is 0.730. The zero-order valence-corrected chi connectivity index (χ0v) is 10.3. The summed E-state index contributed by atoms with van der Waals surface area (Å²) in [6, 6.07) is 0.730. The van der Waals surface area contributed by atoms with Gasteiger partial charge in [0.2, 0.25) is 0 Å². The summed E-state index contributed by atoms with van der Waals surface area (Å²) in [5.41, 5.74) is 1.22. The average Bonchev–Trinajstić information content (AvgIpc) is 2.65. The van der Waals surface area contributed by atoms with Gasteiger partial charge in [0.05, 0.1) is 10.7 Å². The van der Waals surface area contributed by atoms with Gasteiger partial charge in [0.25, 0.3) is 0 Å². The first-order valence-electron chi connectivity index (χ1n) is 5.57. The summed E-state index contributed by atoms with van der Waals surface area (Å²) in [7, 11) is 2.21. The number of hydrogen-bond donors (Lipinski definition) is 1. The summed E-state index contributed by atoms with van der Waals surface area (Å²) in [4.78, 5) is 6.95. The molecule has 4 heteroatoms. The van der Waals surface area contributed by atoms with Crippen molar-refractivity contribution >= 4 is 11.3 Å². The Labute approximate surface area is 95.5 Å². The van der Waals surface area contributed by atoms with Gasteiger partial charge in [-0.3, -0.25) is 4.90 Å². The fourth-order valence-electron chi connectivity index (χ4n) is 2.11. The Balaban J connectivity index is 1.88. The van der Waals surface area contributed by atoms with Crippen LogP contribution in [0.3, 0.4) is 0 Å². The molecule has 0 aliphatic carbocycles. The maximum absolute atomic E-state index is 4.51. The molecule has 1 aromatic rings. The van der Waals surface area contributed by atoms with Crippen LogP contribution in [0.25, 0.3) is 0 Å². The fourth-order valence-corrected chi connectivity index (χ4v) is 2.72. The zero-order chi connectivity index (χ0) is 10.7. The second kappa shape index (κ2) is 5.05.